The first-order valence-electron chi connectivity index (χ1n) is 11.8. The number of hydrogen-bond acceptors (Lipinski definition) is 9. The normalized spacial score (nSPS) is 19.4. The first-order valence-corrected chi connectivity index (χ1v) is 11.8. The minimum Gasteiger partial charge on any atom is -0.369 e. The molecule has 0 unspecified atom stereocenters. The lowest BCUT2D eigenvalue weighted by molar-refractivity contribution is -0.227. The van der Waals surface area contributed by atoms with Gasteiger partial charge >= 0.3 is 0 Å². The van der Waals surface area contributed by atoms with E-state index >= 15 is 0 Å². The molecular formula is C24H32N8O2. The van der Waals surface area contributed by atoms with Crippen molar-refractivity contribution < 1.29 is 9.47 Å². The first kappa shape index (κ1) is 22.8. The molecule has 0 bridgehead atoms. The lowest BCUT2D eigenvalue weighted by Gasteiger charge is -2.36. The van der Waals surface area contributed by atoms with Gasteiger partial charge in [-0.15, -0.1) is 5.10 Å². The molecule has 2 fully saturated rings. The Morgan fingerprint density at radius 2 is 1.76 bits per heavy atom. The standard InChI is InChI=1S/C24H32N8O2/c1-18-10-19(31-8-6-30(7-9-31)12-22-26-16-25-17-27-22)4-5-20(18)21-11-32(29-28-21)13-23-33-14-24(2,3)15-34-23/h4-5,10-11,16-17,23H,6-9,12-15H2,1-3H3. The van der Waals surface area contributed by atoms with Crippen molar-refractivity contribution in [2.75, 3.05) is 44.3 Å². The van der Waals surface area contributed by atoms with Crippen molar-refractivity contribution in [3.05, 3.63) is 48.4 Å². The fourth-order valence-corrected chi connectivity index (χ4v) is 4.34. The van der Waals surface area contributed by atoms with Gasteiger partial charge in [-0.2, -0.15) is 0 Å². The molecule has 3 aromatic rings. The summed E-state index contributed by atoms with van der Waals surface area (Å²) in [6.45, 7) is 13.0. The van der Waals surface area contributed by atoms with Crippen molar-refractivity contribution in [2.24, 2.45) is 5.41 Å². The van der Waals surface area contributed by atoms with E-state index < -0.39 is 0 Å². The van der Waals surface area contributed by atoms with Crippen LogP contribution < -0.4 is 4.90 Å². The molecule has 0 spiro atoms. The van der Waals surface area contributed by atoms with Crippen LogP contribution in [0.25, 0.3) is 11.3 Å². The number of ether oxygens (including phenoxy) is 2. The van der Waals surface area contributed by atoms with Crippen LogP contribution in [0.4, 0.5) is 5.69 Å². The van der Waals surface area contributed by atoms with Gasteiger partial charge < -0.3 is 14.4 Å². The maximum Gasteiger partial charge on any atom is 0.177 e. The van der Waals surface area contributed by atoms with E-state index in [1.54, 1.807) is 17.3 Å². The lowest BCUT2D eigenvalue weighted by atomic mass is 9.96. The second-order valence-electron chi connectivity index (χ2n) is 9.86. The smallest absolute Gasteiger partial charge is 0.177 e. The molecule has 0 atom stereocenters. The summed E-state index contributed by atoms with van der Waals surface area (Å²) >= 11 is 0. The second kappa shape index (κ2) is 9.73. The fourth-order valence-electron chi connectivity index (χ4n) is 4.34. The molecule has 0 aliphatic carbocycles. The Morgan fingerprint density at radius 3 is 2.47 bits per heavy atom. The molecule has 4 heterocycles. The van der Waals surface area contributed by atoms with Gasteiger partial charge in [-0.25, -0.2) is 19.6 Å². The molecule has 2 saturated heterocycles. The molecule has 2 aromatic heterocycles. The number of benzene rings is 1. The summed E-state index contributed by atoms with van der Waals surface area (Å²) in [7, 11) is 0. The van der Waals surface area contributed by atoms with Gasteiger partial charge in [0.15, 0.2) is 6.29 Å². The predicted octanol–water partition coefficient (Wildman–Crippen LogP) is 2.16. The van der Waals surface area contributed by atoms with Crippen LogP contribution in [0, 0.1) is 12.3 Å². The van der Waals surface area contributed by atoms with E-state index in [1.165, 1.54) is 11.3 Å². The van der Waals surface area contributed by atoms with Crippen LogP contribution in [-0.4, -0.2) is 80.5 Å². The van der Waals surface area contributed by atoms with E-state index in [9.17, 15) is 0 Å². The first-order chi connectivity index (χ1) is 16.4. The number of hydrogen-bond donors (Lipinski definition) is 0. The molecule has 2 aliphatic heterocycles. The van der Waals surface area contributed by atoms with Crippen molar-refractivity contribution in [3.8, 4) is 11.3 Å². The van der Waals surface area contributed by atoms with Crippen molar-refractivity contribution in [1.82, 2.24) is 34.8 Å². The Balaban J connectivity index is 1.18. The summed E-state index contributed by atoms with van der Waals surface area (Å²) in [4.78, 5) is 17.2. The van der Waals surface area contributed by atoms with Gasteiger partial charge in [0.1, 0.15) is 24.2 Å². The van der Waals surface area contributed by atoms with E-state index in [-0.39, 0.29) is 11.7 Å². The average Bonchev–Trinajstić information content (AvgIpc) is 3.30. The molecule has 180 valence electrons. The van der Waals surface area contributed by atoms with Crippen molar-refractivity contribution in [3.63, 3.8) is 0 Å². The van der Waals surface area contributed by atoms with Gasteiger partial charge in [-0.05, 0) is 24.6 Å². The van der Waals surface area contributed by atoms with Crippen LogP contribution in [-0.2, 0) is 22.6 Å². The topological polar surface area (TPSA) is 94.3 Å². The van der Waals surface area contributed by atoms with Gasteiger partial charge in [0, 0.05) is 42.8 Å². The monoisotopic (exact) mass is 464 g/mol. The summed E-state index contributed by atoms with van der Waals surface area (Å²) in [5.41, 5.74) is 4.44. The van der Waals surface area contributed by atoms with E-state index in [1.807, 2.05) is 6.20 Å². The van der Waals surface area contributed by atoms with Crippen molar-refractivity contribution in [1.29, 1.82) is 0 Å². The number of rotatable bonds is 6. The van der Waals surface area contributed by atoms with Gasteiger partial charge in [0.05, 0.1) is 32.5 Å². The Kier molecular flexibility index (Phi) is 6.53. The highest BCUT2D eigenvalue weighted by Gasteiger charge is 2.28. The quantitative estimate of drug-likeness (QED) is 0.544. The Hall–Kier alpha value is -2.95. The van der Waals surface area contributed by atoms with E-state index in [0.717, 1.165) is 49.8 Å². The zero-order valence-corrected chi connectivity index (χ0v) is 20.1. The zero-order valence-electron chi connectivity index (χ0n) is 20.1. The van der Waals surface area contributed by atoms with Crippen molar-refractivity contribution >= 4 is 5.69 Å². The summed E-state index contributed by atoms with van der Waals surface area (Å²) in [5, 5.41) is 8.69. The van der Waals surface area contributed by atoms with E-state index in [4.69, 9.17) is 9.47 Å². The van der Waals surface area contributed by atoms with Gasteiger partial charge in [0.2, 0.25) is 0 Å². The maximum atomic E-state index is 5.83. The molecule has 2 aliphatic rings. The molecule has 0 N–H and O–H groups in total. The maximum absolute atomic E-state index is 5.83. The van der Waals surface area contributed by atoms with Crippen LogP contribution in [0.15, 0.2) is 37.1 Å². The van der Waals surface area contributed by atoms with Gasteiger partial charge in [0.25, 0.3) is 0 Å². The Morgan fingerprint density at radius 1 is 1.03 bits per heavy atom. The molecule has 0 amide bonds. The predicted molar refractivity (Wildman–Crippen MR) is 127 cm³/mol. The van der Waals surface area contributed by atoms with Crippen LogP contribution in [0.3, 0.4) is 0 Å². The minimum atomic E-state index is -0.283. The Labute approximate surface area is 199 Å². The number of aryl methyl sites for hydroxylation is 1. The van der Waals surface area contributed by atoms with Crippen LogP contribution in [0.1, 0.15) is 25.2 Å². The third-order valence-corrected chi connectivity index (χ3v) is 6.33. The highest BCUT2D eigenvalue weighted by Crippen LogP contribution is 2.28. The summed E-state index contributed by atoms with van der Waals surface area (Å²) in [6.07, 6.45) is 4.79. The molecular weight excluding hydrogens is 432 g/mol. The highest BCUT2D eigenvalue weighted by molar-refractivity contribution is 5.67. The summed E-state index contributed by atoms with van der Waals surface area (Å²) in [6, 6.07) is 6.57. The average molecular weight is 465 g/mol. The third kappa shape index (κ3) is 5.40. The van der Waals surface area contributed by atoms with Gasteiger partial charge in [-0.3, -0.25) is 4.90 Å². The third-order valence-electron chi connectivity index (χ3n) is 6.33. The fraction of sp³-hybridized carbons (Fsp3) is 0.542. The van der Waals surface area contributed by atoms with E-state index in [0.29, 0.717) is 19.8 Å². The SMILES string of the molecule is Cc1cc(N2CCN(Cc3ncncn3)CC2)ccc1-c1cn(CC2OCC(C)(C)CO2)nn1. The largest absolute Gasteiger partial charge is 0.369 e. The number of nitrogens with zero attached hydrogens (tertiary/aromatic N) is 8. The number of anilines is 1. The molecule has 10 nitrogen and oxygen atoms in total. The second-order valence-corrected chi connectivity index (χ2v) is 9.86. The molecule has 1 aromatic carbocycles. The molecule has 5 rings (SSSR count). The highest BCUT2D eigenvalue weighted by atomic mass is 16.7. The van der Waals surface area contributed by atoms with Crippen LogP contribution in [0.5, 0.6) is 0 Å². The lowest BCUT2D eigenvalue weighted by Crippen LogP contribution is -2.46. The molecule has 10 heteroatoms. The number of piperazine rings is 1. The van der Waals surface area contributed by atoms with Crippen LogP contribution >= 0.6 is 0 Å². The van der Waals surface area contributed by atoms with E-state index in [2.05, 4.69) is 74.0 Å². The summed E-state index contributed by atoms with van der Waals surface area (Å²) < 4.78 is 13.5. The van der Waals surface area contributed by atoms with Crippen molar-refractivity contribution in [2.45, 2.75) is 40.2 Å². The van der Waals surface area contributed by atoms with Gasteiger partial charge in [-0.1, -0.05) is 25.1 Å². The zero-order chi connectivity index (χ0) is 23.5. The number of aromatic nitrogens is 6. The summed E-state index contributed by atoms with van der Waals surface area (Å²) in [5.74, 6) is 0.821. The minimum absolute atomic E-state index is 0.0591. The Bertz CT molecular complexity index is 1090. The van der Waals surface area contributed by atoms with Crippen LogP contribution in [0.2, 0.25) is 0 Å². The molecule has 0 saturated carbocycles. The molecule has 34 heavy (non-hydrogen) atoms. The molecule has 0 radical (unpaired) electrons.